The maximum Gasteiger partial charge on any atom is 0.334 e. The van der Waals surface area contributed by atoms with Gasteiger partial charge in [0.05, 0.1) is 5.41 Å². The molecule has 4 heteroatoms. The first-order chi connectivity index (χ1) is 9.85. The van der Waals surface area contributed by atoms with Gasteiger partial charge in [0.1, 0.15) is 11.9 Å². The highest BCUT2D eigenvalue weighted by atomic mass is 16.6. The lowest BCUT2D eigenvalue weighted by Crippen LogP contribution is -2.39. The molecule has 1 saturated heterocycles. The molecule has 0 saturated carbocycles. The van der Waals surface area contributed by atoms with E-state index in [1.165, 1.54) is 6.92 Å². The minimum atomic E-state index is -0.636. The van der Waals surface area contributed by atoms with Gasteiger partial charge in [0.2, 0.25) is 0 Å². The average Bonchev–Trinajstić information content (AvgIpc) is 2.84. The van der Waals surface area contributed by atoms with Crippen molar-refractivity contribution < 1.29 is 19.1 Å². The molecular formula is C17H18O4. The van der Waals surface area contributed by atoms with Crippen molar-refractivity contribution >= 4 is 11.9 Å². The molecule has 0 N–H and O–H groups in total. The SMILES string of the molecule is C=C1C(=O)O[C@@H]2[C@H]1CC=C(C)C1=CC=C(OC(C)=O)[C@]12C. The summed E-state index contributed by atoms with van der Waals surface area (Å²) in [4.78, 5) is 23.3. The molecule has 0 radical (unpaired) electrons. The third-order valence-corrected chi connectivity index (χ3v) is 4.71. The van der Waals surface area contributed by atoms with Crippen LogP contribution in [-0.2, 0) is 19.1 Å². The standard InChI is InChI=1S/C17H18O4/c1-9-5-6-12-10(2)16(19)21-15(12)17(4)13(9)7-8-14(17)20-11(3)18/h5,7-8,12,15H,2,6H2,1,3-4H3/t12-,15+,17-/m0/s1. The quantitative estimate of drug-likeness (QED) is 0.549. The van der Waals surface area contributed by atoms with Gasteiger partial charge in [-0.1, -0.05) is 24.3 Å². The van der Waals surface area contributed by atoms with Crippen LogP contribution >= 0.6 is 0 Å². The molecule has 2 aliphatic carbocycles. The molecule has 0 unspecified atom stereocenters. The van der Waals surface area contributed by atoms with Crippen LogP contribution in [0.3, 0.4) is 0 Å². The second kappa shape index (κ2) is 4.45. The van der Waals surface area contributed by atoms with Crippen LogP contribution in [0.2, 0.25) is 0 Å². The van der Waals surface area contributed by atoms with E-state index in [0.717, 1.165) is 11.1 Å². The summed E-state index contributed by atoms with van der Waals surface area (Å²) in [5, 5.41) is 0. The highest BCUT2D eigenvalue weighted by Gasteiger charge is 2.56. The van der Waals surface area contributed by atoms with Crippen LogP contribution in [0, 0.1) is 11.3 Å². The van der Waals surface area contributed by atoms with Crippen molar-refractivity contribution in [2.75, 3.05) is 0 Å². The lowest BCUT2D eigenvalue weighted by molar-refractivity contribution is -0.145. The molecule has 21 heavy (non-hydrogen) atoms. The Kier molecular flexibility index (Phi) is 2.94. The third kappa shape index (κ3) is 1.82. The summed E-state index contributed by atoms with van der Waals surface area (Å²) in [5.41, 5.74) is 2.02. The van der Waals surface area contributed by atoms with Crippen LogP contribution in [0.4, 0.5) is 0 Å². The van der Waals surface area contributed by atoms with Gasteiger partial charge in [-0.05, 0) is 31.9 Å². The summed E-state index contributed by atoms with van der Waals surface area (Å²) >= 11 is 0. The van der Waals surface area contributed by atoms with Gasteiger partial charge in [0.25, 0.3) is 0 Å². The van der Waals surface area contributed by atoms with E-state index in [-0.39, 0.29) is 24.0 Å². The molecule has 4 nitrogen and oxygen atoms in total. The van der Waals surface area contributed by atoms with Crippen molar-refractivity contribution in [3.63, 3.8) is 0 Å². The molecule has 0 aromatic carbocycles. The minimum Gasteiger partial charge on any atom is -0.457 e. The van der Waals surface area contributed by atoms with Gasteiger partial charge < -0.3 is 9.47 Å². The molecule has 3 rings (SSSR count). The number of ether oxygens (including phenoxy) is 2. The number of rotatable bonds is 1. The van der Waals surface area contributed by atoms with Gasteiger partial charge in [-0.3, -0.25) is 4.79 Å². The summed E-state index contributed by atoms with van der Waals surface area (Å²) in [7, 11) is 0. The molecule has 0 spiro atoms. The second-order valence-corrected chi connectivity index (χ2v) is 5.99. The van der Waals surface area contributed by atoms with Crippen LogP contribution in [0.1, 0.15) is 27.2 Å². The number of hydrogen-bond donors (Lipinski definition) is 0. The van der Waals surface area contributed by atoms with Crippen molar-refractivity contribution in [3.8, 4) is 0 Å². The van der Waals surface area contributed by atoms with Gasteiger partial charge in [-0.2, -0.15) is 0 Å². The van der Waals surface area contributed by atoms with E-state index in [0.29, 0.717) is 17.8 Å². The molecule has 0 amide bonds. The Morgan fingerprint density at radius 3 is 2.86 bits per heavy atom. The predicted molar refractivity (Wildman–Crippen MR) is 76.9 cm³/mol. The number of hydrogen-bond acceptors (Lipinski definition) is 4. The molecule has 3 atom stereocenters. The molecule has 0 bridgehead atoms. The third-order valence-electron chi connectivity index (χ3n) is 4.71. The first kappa shape index (κ1) is 13.9. The number of fused-ring (bicyclic) bond motifs is 3. The molecule has 1 aliphatic heterocycles. The van der Waals surface area contributed by atoms with Gasteiger partial charge in [0, 0.05) is 18.4 Å². The van der Waals surface area contributed by atoms with E-state index in [1.807, 2.05) is 19.9 Å². The maximum atomic E-state index is 11.9. The Hall–Kier alpha value is -2.10. The lowest BCUT2D eigenvalue weighted by Gasteiger charge is -2.36. The number of esters is 2. The zero-order valence-electron chi connectivity index (χ0n) is 12.4. The predicted octanol–water partition coefficient (Wildman–Crippen LogP) is 2.83. The van der Waals surface area contributed by atoms with Crippen LogP contribution < -0.4 is 0 Å². The zero-order chi connectivity index (χ0) is 15.4. The molecular weight excluding hydrogens is 268 g/mol. The molecule has 1 fully saturated rings. The largest absolute Gasteiger partial charge is 0.457 e. The van der Waals surface area contributed by atoms with Gasteiger partial charge in [0.15, 0.2) is 0 Å². The van der Waals surface area contributed by atoms with Crippen molar-refractivity contribution in [2.24, 2.45) is 11.3 Å². The fraction of sp³-hybridized carbons (Fsp3) is 0.412. The molecule has 0 aromatic rings. The molecule has 0 aromatic heterocycles. The van der Waals surface area contributed by atoms with Crippen molar-refractivity contribution in [1.29, 1.82) is 0 Å². The Bertz CT molecular complexity index is 650. The zero-order valence-corrected chi connectivity index (χ0v) is 12.4. The van der Waals surface area contributed by atoms with Crippen molar-refractivity contribution in [1.82, 2.24) is 0 Å². The van der Waals surface area contributed by atoms with Crippen LogP contribution in [0.25, 0.3) is 0 Å². The maximum absolute atomic E-state index is 11.9. The Balaban J connectivity index is 2.10. The summed E-state index contributed by atoms with van der Waals surface area (Å²) in [6.07, 6.45) is 6.17. The molecule has 1 heterocycles. The Morgan fingerprint density at radius 2 is 2.19 bits per heavy atom. The average molecular weight is 286 g/mol. The minimum absolute atomic E-state index is 0.0830. The van der Waals surface area contributed by atoms with E-state index >= 15 is 0 Å². The fourth-order valence-electron chi connectivity index (χ4n) is 3.57. The fourth-order valence-corrected chi connectivity index (χ4v) is 3.57. The normalized spacial score (nSPS) is 34.1. The van der Waals surface area contributed by atoms with Crippen LogP contribution in [0.5, 0.6) is 0 Å². The number of allylic oxidation sites excluding steroid dienone is 4. The summed E-state index contributed by atoms with van der Waals surface area (Å²) < 4.78 is 11.0. The van der Waals surface area contributed by atoms with Gasteiger partial charge >= 0.3 is 11.9 Å². The van der Waals surface area contributed by atoms with Crippen LogP contribution in [-0.4, -0.2) is 18.0 Å². The molecule has 3 aliphatic rings. The Morgan fingerprint density at radius 1 is 1.48 bits per heavy atom. The highest BCUT2D eigenvalue weighted by Crippen LogP contribution is 2.55. The summed E-state index contributed by atoms with van der Waals surface area (Å²) in [5.74, 6) is -0.270. The summed E-state index contributed by atoms with van der Waals surface area (Å²) in [6.45, 7) is 9.23. The second-order valence-electron chi connectivity index (χ2n) is 5.99. The Labute approximate surface area is 123 Å². The summed E-state index contributed by atoms with van der Waals surface area (Å²) in [6, 6.07) is 0. The van der Waals surface area contributed by atoms with E-state index in [9.17, 15) is 9.59 Å². The van der Waals surface area contributed by atoms with E-state index in [1.54, 1.807) is 6.08 Å². The number of carbonyl (C=O) groups excluding carboxylic acids is 2. The molecule has 110 valence electrons. The van der Waals surface area contributed by atoms with E-state index in [2.05, 4.69) is 12.7 Å². The van der Waals surface area contributed by atoms with Crippen LogP contribution in [0.15, 0.2) is 47.3 Å². The monoisotopic (exact) mass is 286 g/mol. The van der Waals surface area contributed by atoms with Gasteiger partial charge in [-0.25, -0.2) is 4.79 Å². The lowest BCUT2D eigenvalue weighted by atomic mass is 9.72. The smallest absolute Gasteiger partial charge is 0.334 e. The first-order valence-corrected chi connectivity index (χ1v) is 7.04. The van der Waals surface area contributed by atoms with Gasteiger partial charge in [-0.15, -0.1) is 0 Å². The van der Waals surface area contributed by atoms with E-state index < -0.39 is 5.41 Å². The van der Waals surface area contributed by atoms with Crippen molar-refractivity contribution in [3.05, 3.63) is 47.3 Å². The first-order valence-electron chi connectivity index (χ1n) is 7.04. The highest BCUT2D eigenvalue weighted by molar-refractivity contribution is 5.91. The van der Waals surface area contributed by atoms with E-state index in [4.69, 9.17) is 9.47 Å². The topological polar surface area (TPSA) is 52.6 Å². The number of carbonyl (C=O) groups is 2. The van der Waals surface area contributed by atoms with Crippen molar-refractivity contribution in [2.45, 2.75) is 33.3 Å².